The van der Waals surface area contributed by atoms with Crippen molar-refractivity contribution in [1.29, 1.82) is 0 Å². The first-order valence-corrected chi connectivity index (χ1v) is 5.52. The van der Waals surface area contributed by atoms with Gasteiger partial charge in [0.1, 0.15) is 0 Å². The summed E-state index contributed by atoms with van der Waals surface area (Å²) in [7, 11) is 0. The molecule has 2 rings (SSSR count). The molecule has 1 aliphatic rings. The molecule has 0 radical (unpaired) electrons. The first kappa shape index (κ1) is 9.19. The van der Waals surface area contributed by atoms with Crippen molar-refractivity contribution in [2.24, 2.45) is 0 Å². The Morgan fingerprint density at radius 2 is 2.54 bits per heavy atom. The normalized spacial score (nSPS) is 34.8. The first-order chi connectivity index (χ1) is 6.21. The Labute approximate surface area is 82.2 Å². The van der Waals surface area contributed by atoms with E-state index in [0.717, 1.165) is 5.56 Å². The predicted molar refractivity (Wildman–Crippen MR) is 52.9 cm³/mol. The predicted octanol–water partition coefficient (Wildman–Crippen LogP) is 2.13. The molecule has 72 valence electrons. The van der Waals surface area contributed by atoms with Crippen LogP contribution in [-0.4, -0.2) is 17.8 Å². The lowest BCUT2D eigenvalue weighted by Crippen LogP contribution is -2.37. The number of hydrogen-bond donors (Lipinski definition) is 1. The summed E-state index contributed by atoms with van der Waals surface area (Å²) in [5.74, 6) is 0. The molecule has 0 saturated carbocycles. The number of thiophene rings is 1. The molecule has 0 amide bonds. The minimum absolute atomic E-state index is 0.165. The van der Waals surface area contributed by atoms with E-state index in [4.69, 9.17) is 4.74 Å². The van der Waals surface area contributed by atoms with Crippen LogP contribution in [-0.2, 0) is 10.3 Å². The molecular formula is C10H14O2S. The van der Waals surface area contributed by atoms with Crippen LogP contribution >= 0.6 is 11.3 Å². The van der Waals surface area contributed by atoms with Gasteiger partial charge in [-0.25, -0.2) is 0 Å². The van der Waals surface area contributed by atoms with Gasteiger partial charge in [0.05, 0.1) is 18.3 Å². The van der Waals surface area contributed by atoms with E-state index in [0.29, 0.717) is 19.4 Å². The molecule has 3 heteroatoms. The van der Waals surface area contributed by atoms with E-state index in [1.165, 1.54) is 0 Å². The van der Waals surface area contributed by atoms with Crippen LogP contribution in [0.4, 0.5) is 0 Å². The Bertz CT molecular complexity index is 270. The number of hydrogen-bond acceptors (Lipinski definition) is 3. The standard InChI is InChI=1S/C10H14O2S/c1-8-6-10(11,3-4-12-8)9-2-5-13-7-9/h2,5,7-8,11H,3-4,6H2,1H3/t8-,10-/m0/s1. The molecule has 1 saturated heterocycles. The molecule has 1 fully saturated rings. The minimum Gasteiger partial charge on any atom is -0.385 e. The molecule has 0 spiro atoms. The van der Waals surface area contributed by atoms with Crippen molar-refractivity contribution < 1.29 is 9.84 Å². The fourth-order valence-corrected chi connectivity index (χ4v) is 2.61. The Morgan fingerprint density at radius 3 is 3.15 bits per heavy atom. The summed E-state index contributed by atoms with van der Waals surface area (Å²) in [6.07, 6.45) is 1.59. The Kier molecular flexibility index (Phi) is 2.41. The van der Waals surface area contributed by atoms with E-state index in [1.807, 2.05) is 23.8 Å². The van der Waals surface area contributed by atoms with Crippen molar-refractivity contribution >= 4 is 11.3 Å². The van der Waals surface area contributed by atoms with Gasteiger partial charge in [-0.1, -0.05) is 0 Å². The van der Waals surface area contributed by atoms with E-state index in [2.05, 4.69) is 0 Å². The van der Waals surface area contributed by atoms with Gasteiger partial charge in [-0.3, -0.25) is 0 Å². The maximum Gasteiger partial charge on any atom is 0.0951 e. The molecule has 2 heterocycles. The average molecular weight is 198 g/mol. The highest BCUT2D eigenvalue weighted by Crippen LogP contribution is 2.35. The molecule has 1 aromatic heterocycles. The summed E-state index contributed by atoms with van der Waals surface area (Å²) < 4.78 is 5.41. The van der Waals surface area contributed by atoms with Gasteiger partial charge in [0.2, 0.25) is 0 Å². The third-order valence-corrected chi connectivity index (χ3v) is 3.28. The van der Waals surface area contributed by atoms with Crippen LogP contribution < -0.4 is 0 Å². The number of aliphatic hydroxyl groups is 1. The lowest BCUT2D eigenvalue weighted by atomic mass is 9.86. The molecule has 0 unspecified atom stereocenters. The van der Waals surface area contributed by atoms with E-state index >= 15 is 0 Å². The largest absolute Gasteiger partial charge is 0.385 e. The number of ether oxygens (including phenoxy) is 1. The van der Waals surface area contributed by atoms with Gasteiger partial charge in [0.25, 0.3) is 0 Å². The fourth-order valence-electron chi connectivity index (χ4n) is 1.86. The molecule has 2 atom stereocenters. The van der Waals surface area contributed by atoms with Crippen LogP contribution in [0.25, 0.3) is 0 Å². The van der Waals surface area contributed by atoms with E-state index in [1.54, 1.807) is 11.3 Å². The molecular weight excluding hydrogens is 184 g/mol. The molecule has 2 nitrogen and oxygen atoms in total. The van der Waals surface area contributed by atoms with Crippen molar-refractivity contribution in [3.63, 3.8) is 0 Å². The van der Waals surface area contributed by atoms with Gasteiger partial charge in [-0.2, -0.15) is 11.3 Å². The molecule has 13 heavy (non-hydrogen) atoms. The third-order valence-electron chi connectivity index (χ3n) is 2.60. The van der Waals surface area contributed by atoms with Gasteiger partial charge >= 0.3 is 0 Å². The zero-order valence-corrected chi connectivity index (χ0v) is 8.51. The third kappa shape index (κ3) is 1.77. The summed E-state index contributed by atoms with van der Waals surface area (Å²) >= 11 is 1.63. The summed E-state index contributed by atoms with van der Waals surface area (Å²) in [4.78, 5) is 0. The van der Waals surface area contributed by atoms with Crippen LogP contribution in [0, 0.1) is 0 Å². The first-order valence-electron chi connectivity index (χ1n) is 4.57. The zero-order chi connectivity index (χ0) is 9.31. The van der Waals surface area contributed by atoms with Crippen LogP contribution in [0.5, 0.6) is 0 Å². The highest BCUT2D eigenvalue weighted by Gasteiger charge is 2.35. The van der Waals surface area contributed by atoms with Crippen molar-refractivity contribution in [3.8, 4) is 0 Å². The van der Waals surface area contributed by atoms with Crippen LogP contribution in [0.2, 0.25) is 0 Å². The monoisotopic (exact) mass is 198 g/mol. The van der Waals surface area contributed by atoms with Crippen molar-refractivity contribution in [2.45, 2.75) is 31.5 Å². The van der Waals surface area contributed by atoms with Crippen LogP contribution in [0.1, 0.15) is 25.3 Å². The topological polar surface area (TPSA) is 29.5 Å². The lowest BCUT2D eigenvalue weighted by molar-refractivity contribution is -0.101. The Morgan fingerprint density at radius 1 is 1.69 bits per heavy atom. The van der Waals surface area contributed by atoms with Gasteiger partial charge in [-0.15, -0.1) is 0 Å². The summed E-state index contributed by atoms with van der Waals surface area (Å²) in [5, 5.41) is 14.4. The zero-order valence-electron chi connectivity index (χ0n) is 7.69. The second-order valence-corrected chi connectivity index (χ2v) is 4.46. The van der Waals surface area contributed by atoms with Crippen molar-refractivity contribution in [1.82, 2.24) is 0 Å². The van der Waals surface area contributed by atoms with Gasteiger partial charge in [0, 0.05) is 12.8 Å². The average Bonchev–Trinajstić information content (AvgIpc) is 2.55. The smallest absolute Gasteiger partial charge is 0.0951 e. The van der Waals surface area contributed by atoms with E-state index < -0.39 is 5.60 Å². The second kappa shape index (κ2) is 3.40. The summed E-state index contributed by atoms with van der Waals surface area (Å²) in [6, 6.07) is 2.00. The highest BCUT2D eigenvalue weighted by molar-refractivity contribution is 7.08. The quantitative estimate of drug-likeness (QED) is 0.749. The maximum atomic E-state index is 10.3. The van der Waals surface area contributed by atoms with Crippen molar-refractivity contribution in [3.05, 3.63) is 22.4 Å². The SMILES string of the molecule is C[C@H]1C[C@](O)(c2ccsc2)CCO1. The van der Waals surface area contributed by atoms with Gasteiger partial charge < -0.3 is 9.84 Å². The van der Waals surface area contributed by atoms with E-state index in [-0.39, 0.29) is 6.10 Å². The number of rotatable bonds is 1. The minimum atomic E-state index is -0.641. The molecule has 0 aromatic carbocycles. The Balaban J connectivity index is 2.20. The lowest BCUT2D eigenvalue weighted by Gasteiger charge is -2.35. The maximum absolute atomic E-state index is 10.3. The second-order valence-electron chi connectivity index (χ2n) is 3.68. The summed E-state index contributed by atoms with van der Waals surface area (Å²) in [5.41, 5.74) is 0.408. The summed E-state index contributed by atoms with van der Waals surface area (Å²) in [6.45, 7) is 2.67. The van der Waals surface area contributed by atoms with Crippen LogP contribution in [0.15, 0.2) is 16.8 Å². The van der Waals surface area contributed by atoms with Crippen LogP contribution in [0.3, 0.4) is 0 Å². The molecule has 0 bridgehead atoms. The van der Waals surface area contributed by atoms with E-state index in [9.17, 15) is 5.11 Å². The Hall–Kier alpha value is -0.380. The molecule has 1 aliphatic heterocycles. The highest BCUT2D eigenvalue weighted by atomic mass is 32.1. The molecule has 0 aliphatic carbocycles. The fraction of sp³-hybridized carbons (Fsp3) is 0.600. The van der Waals surface area contributed by atoms with Gasteiger partial charge in [-0.05, 0) is 29.3 Å². The molecule has 1 N–H and O–H groups in total. The van der Waals surface area contributed by atoms with Crippen molar-refractivity contribution in [2.75, 3.05) is 6.61 Å². The van der Waals surface area contributed by atoms with Gasteiger partial charge in [0.15, 0.2) is 0 Å². The molecule has 1 aromatic rings.